The highest BCUT2D eigenvalue weighted by molar-refractivity contribution is 6.42. The van der Waals surface area contributed by atoms with Crippen LogP contribution < -0.4 is 5.32 Å². The second kappa shape index (κ2) is 9.80. The minimum absolute atomic E-state index is 0.193. The third-order valence-electron chi connectivity index (χ3n) is 3.90. The van der Waals surface area contributed by atoms with Gasteiger partial charge in [0.15, 0.2) is 0 Å². The maximum atomic E-state index is 13.0. The zero-order valence-corrected chi connectivity index (χ0v) is 16.8. The average Bonchev–Trinajstić information content (AvgIpc) is 2.66. The Kier molecular flexibility index (Phi) is 7.70. The summed E-state index contributed by atoms with van der Waals surface area (Å²) < 4.78 is 39.1. The van der Waals surface area contributed by atoms with Gasteiger partial charge < -0.3 is 10.2 Å². The first-order chi connectivity index (χ1) is 13.6. The summed E-state index contributed by atoms with van der Waals surface area (Å²) in [5.41, 5.74) is -0.686. The maximum absolute atomic E-state index is 13.0. The predicted molar refractivity (Wildman–Crippen MR) is 108 cm³/mol. The molecule has 0 fully saturated rings. The predicted octanol–water partition coefficient (Wildman–Crippen LogP) is 5.51. The Morgan fingerprint density at radius 3 is 2.41 bits per heavy atom. The van der Waals surface area contributed by atoms with E-state index >= 15 is 0 Å². The van der Waals surface area contributed by atoms with Gasteiger partial charge in [-0.05, 0) is 42.8 Å². The molecule has 2 aromatic carbocycles. The number of likely N-dealkylation sites (N-methyl/N-ethyl adjacent to an activating group) is 1. The third kappa shape index (κ3) is 6.51. The highest BCUT2D eigenvalue weighted by Crippen LogP contribution is 2.34. The molecule has 0 saturated heterocycles. The number of nitrogens with zero attached hydrogens (tertiary/aromatic N) is 1. The first kappa shape index (κ1) is 22.8. The summed E-state index contributed by atoms with van der Waals surface area (Å²) in [6, 6.07) is 9.46. The zero-order chi connectivity index (χ0) is 21.6. The molecule has 0 heterocycles. The largest absolute Gasteiger partial charge is 0.418 e. The first-order valence-corrected chi connectivity index (χ1v) is 9.25. The second-order valence-corrected chi connectivity index (χ2v) is 6.77. The molecule has 4 nitrogen and oxygen atoms in total. The van der Waals surface area contributed by atoms with Crippen LogP contribution >= 0.6 is 23.2 Å². The molecule has 0 saturated carbocycles. The molecule has 2 rings (SSSR count). The Labute approximate surface area is 175 Å². The van der Waals surface area contributed by atoms with E-state index in [1.54, 1.807) is 25.1 Å². The van der Waals surface area contributed by atoms with Gasteiger partial charge in [0.2, 0.25) is 11.8 Å². The lowest BCUT2D eigenvalue weighted by Gasteiger charge is -2.19. The monoisotopic (exact) mass is 444 g/mol. The zero-order valence-electron chi connectivity index (χ0n) is 15.3. The van der Waals surface area contributed by atoms with Gasteiger partial charge in [0, 0.05) is 12.6 Å². The van der Waals surface area contributed by atoms with Gasteiger partial charge in [0.05, 0.1) is 21.3 Å². The van der Waals surface area contributed by atoms with E-state index in [1.165, 1.54) is 29.2 Å². The molecule has 0 aromatic heterocycles. The lowest BCUT2D eigenvalue weighted by atomic mass is 10.1. The van der Waals surface area contributed by atoms with Crippen LogP contribution in [0.15, 0.2) is 48.5 Å². The van der Waals surface area contributed by atoms with Crippen molar-refractivity contribution in [2.45, 2.75) is 13.1 Å². The lowest BCUT2D eigenvalue weighted by Crippen LogP contribution is -2.37. The molecule has 0 aliphatic heterocycles. The summed E-state index contributed by atoms with van der Waals surface area (Å²) in [4.78, 5) is 25.7. The average molecular weight is 445 g/mol. The Morgan fingerprint density at radius 1 is 1.10 bits per heavy atom. The molecular weight excluding hydrogens is 428 g/mol. The van der Waals surface area contributed by atoms with Crippen molar-refractivity contribution in [3.05, 3.63) is 69.7 Å². The van der Waals surface area contributed by atoms with Gasteiger partial charge in [-0.3, -0.25) is 9.59 Å². The Hall–Kier alpha value is -2.51. The molecule has 0 bridgehead atoms. The number of hydrogen-bond donors (Lipinski definition) is 1. The number of carbonyl (C=O) groups is 2. The number of rotatable bonds is 6. The molecule has 9 heteroatoms. The number of para-hydroxylation sites is 1. The van der Waals surface area contributed by atoms with Crippen LogP contribution in [0.5, 0.6) is 0 Å². The summed E-state index contributed by atoms with van der Waals surface area (Å²) in [7, 11) is 0. The van der Waals surface area contributed by atoms with E-state index in [0.29, 0.717) is 15.6 Å². The van der Waals surface area contributed by atoms with Crippen LogP contribution in [-0.4, -0.2) is 29.8 Å². The summed E-state index contributed by atoms with van der Waals surface area (Å²) in [6.45, 7) is 1.45. The number of hydrogen-bond acceptors (Lipinski definition) is 2. The molecule has 154 valence electrons. The van der Waals surface area contributed by atoms with Crippen LogP contribution in [0.3, 0.4) is 0 Å². The molecule has 0 aliphatic carbocycles. The van der Waals surface area contributed by atoms with Crippen LogP contribution in [0.2, 0.25) is 10.0 Å². The van der Waals surface area contributed by atoms with Crippen LogP contribution in [-0.2, 0) is 15.8 Å². The third-order valence-corrected chi connectivity index (χ3v) is 4.64. The van der Waals surface area contributed by atoms with Crippen molar-refractivity contribution >= 4 is 46.8 Å². The Bertz CT molecular complexity index is 930. The smallest absolute Gasteiger partial charge is 0.330 e. The lowest BCUT2D eigenvalue weighted by molar-refractivity contribution is -0.137. The number of halogens is 5. The van der Waals surface area contributed by atoms with Crippen molar-refractivity contribution < 1.29 is 22.8 Å². The fourth-order valence-corrected chi connectivity index (χ4v) is 2.74. The number of carbonyl (C=O) groups excluding carboxylic acids is 2. The van der Waals surface area contributed by atoms with Crippen molar-refractivity contribution in [3.8, 4) is 0 Å². The normalized spacial score (nSPS) is 11.5. The van der Waals surface area contributed by atoms with Crippen molar-refractivity contribution in [1.29, 1.82) is 0 Å². The van der Waals surface area contributed by atoms with Crippen molar-refractivity contribution in [2.75, 3.05) is 18.4 Å². The van der Waals surface area contributed by atoms with E-state index in [1.807, 2.05) is 0 Å². The van der Waals surface area contributed by atoms with Gasteiger partial charge in [-0.15, -0.1) is 0 Å². The highest BCUT2D eigenvalue weighted by Gasteiger charge is 2.33. The fourth-order valence-electron chi connectivity index (χ4n) is 2.44. The molecular formula is C20H17Cl2F3N2O2. The van der Waals surface area contributed by atoms with Crippen LogP contribution in [0.4, 0.5) is 18.9 Å². The number of nitrogens with one attached hydrogen (secondary N) is 1. The van der Waals surface area contributed by atoms with E-state index in [-0.39, 0.29) is 12.2 Å². The molecule has 0 aliphatic rings. The van der Waals surface area contributed by atoms with E-state index in [4.69, 9.17) is 23.2 Å². The van der Waals surface area contributed by atoms with Gasteiger partial charge in [-0.25, -0.2) is 0 Å². The number of benzene rings is 2. The molecule has 2 amide bonds. The maximum Gasteiger partial charge on any atom is 0.418 e. The second-order valence-electron chi connectivity index (χ2n) is 5.95. The van der Waals surface area contributed by atoms with E-state index in [9.17, 15) is 22.8 Å². The SMILES string of the molecule is CCN(CC(=O)Nc1ccccc1C(F)(F)F)C(=O)/C=C/c1ccc(Cl)c(Cl)c1. The van der Waals surface area contributed by atoms with Crippen LogP contribution in [0.1, 0.15) is 18.1 Å². The van der Waals surface area contributed by atoms with Crippen LogP contribution in [0.25, 0.3) is 6.08 Å². The summed E-state index contributed by atoms with van der Waals surface area (Å²) in [6.07, 6.45) is -1.85. The van der Waals surface area contributed by atoms with Gasteiger partial charge in [0.1, 0.15) is 6.54 Å². The van der Waals surface area contributed by atoms with Crippen LogP contribution in [0, 0.1) is 0 Å². The first-order valence-electron chi connectivity index (χ1n) is 8.50. The van der Waals surface area contributed by atoms with Gasteiger partial charge in [0.25, 0.3) is 0 Å². The highest BCUT2D eigenvalue weighted by atomic mass is 35.5. The number of amides is 2. The Morgan fingerprint density at radius 2 is 1.79 bits per heavy atom. The molecule has 29 heavy (non-hydrogen) atoms. The summed E-state index contributed by atoms with van der Waals surface area (Å²) >= 11 is 11.7. The van der Waals surface area contributed by atoms with Gasteiger partial charge >= 0.3 is 6.18 Å². The van der Waals surface area contributed by atoms with Gasteiger partial charge in [-0.2, -0.15) is 13.2 Å². The van der Waals surface area contributed by atoms with Crippen molar-refractivity contribution in [2.24, 2.45) is 0 Å². The topological polar surface area (TPSA) is 49.4 Å². The number of anilines is 1. The van der Waals surface area contributed by atoms with E-state index in [0.717, 1.165) is 12.1 Å². The quantitative estimate of drug-likeness (QED) is 0.596. The molecule has 0 unspecified atom stereocenters. The minimum Gasteiger partial charge on any atom is -0.330 e. The van der Waals surface area contributed by atoms with Crippen molar-refractivity contribution in [3.63, 3.8) is 0 Å². The Balaban J connectivity index is 2.05. The molecule has 1 N–H and O–H groups in total. The van der Waals surface area contributed by atoms with Gasteiger partial charge in [-0.1, -0.05) is 41.4 Å². The molecule has 0 spiro atoms. The standard InChI is InChI=1S/C20H17Cl2F3N2O2/c1-2-27(19(29)10-8-13-7-9-15(21)16(22)11-13)12-18(28)26-17-6-4-3-5-14(17)20(23,24)25/h3-11H,2,12H2,1H3,(H,26,28)/b10-8+. The van der Waals surface area contributed by atoms with Crippen molar-refractivity contribution in [1.82, 2.24) is 4.90 Å². The fraction of sp³-hybridized carbons (Fsp3) is 0.200. The summed E-state index contributed by atoms with van der Waals surface area (Å²) in [5.74, 6) is -1.21. The minimum atomic E-state index is -4.60. The summed E-state index contributed by atoms with van der Waals surface area (Å²) in [5, 5.41) is 2.92. The van der Waals surface area contributed by atoms with E-state index in [2.05, 4.69) is 5.32 Å². The molecule has 2 aromatic rings. The molecule has 0 atom stereocenters. The van der Waals surface area contributed by atoms with E-state index < -0.39 is 30.1 Å². The molecule has 0 radical (unpaired) electrons. The number of alkyl halides is 3.